The summed E-state index contributed by atoms with van der Waals surface area (Å²) in [6.07, 6.45) is -2.94. The van der Waals surface area contributed by atoms with Gasteiger partial charge in [-0.3, -0.25) is 18.4 Å². The van der Waals surface area contributed by atoms with Gasteiger partial charge in [0.1, 0.15) is 40.1 Å². The Bertz CT molecular complexity index is 565. The fourth-order valence-corrected chi connectivity index (χ4v) is 4.32. The summed E-state index contributed by atoms with van der Waals surface area (Å²) in [6, 6.07) is -1.34. The summed E-state index contributed by atoms with van der Waals surface area (Å²) >= 11 is 0. The van der Waals surface area contributed by atoms with Crippen molar-refractivity contribution in [1.82, 2.24) is 0 Å². The lowest BCUT2D eigenvalue weighted by Crippen LogP contribution is -2.35. The van der Waals surface area contributed by atoms with Crippen LogP contribution in [0, 0.1) is 11.8 Å². The lowest BCUT2D eigenvalue weighted by molar-refractivity contribution is -0.151. The molecule has 0 aliphatic carbocycles. The molecule has 9 nitrogen and oxygen atoms in total. The van der Waals surface area contributed by atoms with Gasteiger partial charge in [-0.15, -0.1) is 0 Å². The van der Waals surface area contributed by atoms with Crippen molar-refractivity contribution in [2.75, 3.05) is 20.3 Å². The second kappa shape index (κ2) is 9.39. The Kier molecular flexibility index (Phi) is 7.96. The molecule has 2 aliphatic heterocycles. The number of carbonyl (C=O) groups excluding carboxylic acids is 1. The number of aliphatic hydroxyl groups is 1. The number of esters is 1. The van der Waals surface area contributed by atoms with Crippen LogP contribution in [0.5, 0.6) is 0 Å². The molecule has 1 unspecified atom stereocenters. The highest BCUT2D eigenvalue weighted by Crippen LogP contribution is 2.53. The zero-order valence-corrected chi connectivity index (χ0v) is 16.7. The van der Waals surface area contributed by atoms with Crippen LogP contribution >= 0.6 is 7.82 Å². The first-order chi connectivity index (χ1) is 12.6. The molecule has 2 rings (SSSR count). The van der Waals surface area contributed by atoms with Gasteiger partial charge in [0.05, 0.1) is 13.2 Å². The first-order valence-corrected chi connectivity index (χ1v) is 10.2. The summed E-state index contributed by atoms with van der Waals surface area (Å²) in [4.78, 5) is 11.3. The summed E-state index contributed by atoms with van der Waals surface area (Å²) in [5.74, 6) is -1.11. The maximum Gasteiger partial charge on any atom is 0.474 e. The second-order valence-corrected chi connectivity index (χ2v) is 8.48. The van der Waals surface area contributed by atoms with E-state index in [2.05, 4.69) is 0 Å². The Hall–Kier alpha value is -0.410. The highest BCUT2D eigenvalue weighted by molar-refractivity contribution is 7.48. The largest absolute Gasteiger partial charge is 0.474 e. The number of phosphoric acid groups is 1. The van der Waals surface area contributed by atoms with E-state index in [1.807, 2.05) is 0 Å². The van der Waals surface area contributed by atoms with Crippen LogP contribution in [0.4, 0.5) is 0 Å². The Balaban J connectivity index is 2.02. The van der Waals surface area contributed by atoms with Crippen molar-refractivity contribution >= 4 is 29.5 Å². The predicted octanol–water partition coefficient (Wildman–Crippen LogP) is 0.126. The summed E-state index contributed by atoms with van der Waals surface area (Å²) in [6.45, 7) is 4.19. The Labute approximate surface area is 161 Å². The van der Waals surface area contributed by atoms with Crippen molar-refractivity contribution in [3.05, 3.63) is 0 Å². The van der Waals surface area contributed by atoms with E-state index in [0.29, 0.717) is 0 Å². The van der Waals surface area contributed by atoms with Gasteiger partial charge >= 0.3 is 13.8 Å². The van der Waals surface area contributed by atoms with Crippen molar-refractivity contribution in [2.45, 2.75) is 57.2 Å². The molecule has 0 aromatic rings. The molecule has 0 amide bonds. The van der Waals surface area contributed by atoms with E-state index < -0.39 is 50.2 Å². The zero-order chi connectivity index (χ0) is 20.4. The van der Waals surface area contributed by atoms with E-state index in [1.54, 1.807) is 13.8 Å². The normalized spacial score (nSPS) is 41.4. The van der Waals surface area contributed by atoms with Gasteiger partial charge in [0.15, 0.2) is 0 Å². The maximum absolute atomic E-state index is 12.9. The van der Waals surface area contributed by atoms with Gasteiger partial charge in [-0.05, 0) is 0 Å². The van der Waals surface area contributed by atoms with E-state index in [0.717, 1.165) is 0 Å². The predicted molar refractivity (Wildman–Crippen MR) is 95.2 cm³/mol. The van der Waals surface area contributed by atoms with Gasteiger partial charge in [-0.2, -0.15) is 0 Å². The number of ether oxygens (including phenoxy) is 3. The van der Waals surface area contributed by atoms with E-state index in [9.17, 15) is 14.5 Å². The van der Waals surface area contributed by atoms with Crippen molar-refractivity contribution in [1.29, 1.82) is 0 Å². The smallest absolute Gasteiger partial charge is 0.459 e. The molecule has 0 aromatic heterocycles. The SMILES string of the molecule is [B][C@@H]1O[C@H](COP(=O)(OC)O[C@H]2[C@@H](C)[C@H]([B])O[C@@H]2CO)[C@@H](OC(C)=O)[C@H]1C. The molecule has 0 aromatic carbocycles. The molecule has 27 heavy (non-hydrogen) atoms. The van der Waals surface area contributed by atoms with Crippen LogP contribution in [0.2, 0.25) is 0 Å². The molecular weight excluding hydrogens is 377 g/mol. The third-order valence-electron chi connectivity index (χ3n) is 4.82. The summed E-state index contributed by atoms with van der Waals surface area (Å²) in [7, 11) is 8.79. The van der Waals surface area contributed by atoms with Crippen molar-refractivity contribution in [3.63, 3.8) is 0 Å². The van der Waals surface area contributed by atoms with Crippen LogP contribution < -0.4 is 0 Å². The lowest BCUT2D eigenvalue weighted by atomic mass is 9.86. The summed E-state index contributed by atoms with van der Waals surface area (Å²) in [5.41, 5.74) is 0. The lowest BCUT2D eigenvalue weighted by Gasteiger charge is -2.26. The number of hydrogen-bond acceptors (Lipinski definition) is 9. The third kappa shape index (κ3) is 5.35. The molecular formula is C15H25B2O9P. The zero-order valence-electron chi connectivity index (χ0n) is 15.8. The van der Waals surface area contributed by atoms with Gasteiger partial charge in [-0.1, -0.05) is 13.8 Å². The average Bonchev–Trinajstić information content (AvgIpc) is 3.04. The standard InChI is InChI=1S/C15H25B2O9P/c1-7-12(23-9(3)19)11(25-14(7)16)6-22-27(20,21-4)26-13-8(2)15(17)24-10(13)5-18/h7-8,10-15,18H,5-6H2,1-4H3/t7-,8-,10-,11-,12+,13+,14-,15-,27?/m1/s1. The molecule has 2 heterocycles. The van der Waals surface area contributed by atoms with Crippen LogP contribution in [0.25, 0.3) is 0 Å². The number of rotatable bonds is 8. The molecule has 12 heteroatoms. The van der Waals surface area contributed by atoms with Crippen LogP contribution in [-0.4, -0.2) is 83.5 Å². The number of phosphoric ester groups is 1. The Morgan fingerprint density at radius 2 is 1.67 bits per heavy atom. The molecule has 9 atom stereocenters. The summed E-state index contributed by atoms with van der Waals surface area (Å²) in [5, 5.41) is 9.41. The van der Waals surface area contributed by atoms with Gasteiger partial charge < -0.3 is 19.3 Å². The highest BCUT2D eigenvalue weighted by Gasteiger charge is 2.46. The quantitative estimate of drug-likeness (QED) is 0.344. The number of carbonyl (C=O) groups is 1. The minimum absolute atomic E-state index is 0.237. The Morgan fingerprint density at radius 1 is 1.11 bits per heavy atom. The molecule has 0 bridgehead atoms. The minimum atomic E-state index is -4.02. The first kappa shape index (κ1) is 22.9. The molecule has 1 N–H and O–H groups in total. The van der Waals surface area contributed by atoms with Crippen LogP contribution in [0.1, 0.15) is 20.8 Å². The molecule has 0 saturated carbocycles. The van der Waals surface area contributed by atoms with E-state index >= 15 is 0 Å². The van der Waals surface area contributed by atoms with Crippen LogP contribution in [0.15, 0.2) is 0 Å². The van der Waals surface area contributed by atoms with Crippen LogP contribution in [0.3, 0.4) is 0 Å². The van der Waals surface area contributed by atoms with E-state index in [-0.39, 0.29) is 25.0 Å². The molecule has 2 aliphatic rings. The first-order valence-electron chi connectivity index (χ1n) is 8.70. The average molecular weight is 402 g/mol. The second-order valence-electron chi connectivity index (χ2n) is 6.75. The fourth-order valence-electron chi connectivity index (χ4n) is 3.12. The number of aliphatic hydroxyl groups excluding tert-OH is 1. The van der Waals surface area contributed by atoms with E-state index in [4.69, 9.17) is 43.5 Å². The molecule has 150 valence electrons. The Morgan fingerprint density at radius 3 is 2.19 bits per heavy atom. The third-order valence-corrected chi connectivity index (χ3v) is 6.24. The van der Waals surface area contributed by atoms with Gasteiger partial charge in [0.2, 0.25) is 0 Å². The van der Waals surface area contributed by atoms with Crippen molar-refractivity contribution in [3.8, 4) is 0 Å². The van der Waals surface area contributed by atoms with E-state index in [1.165, 1.54) is 14.0 Å². The number of hydrogen-bond donors (Lipinski definition) is 1. The van der Waals surface area contributed by atoms with Gasteiger partial charge in [-0.25, -0.2) is 4.57 Å². The fraction of sp³-hybridized carbons (Fsp3) is 0.933. The van der Waals surface area contributed by atoms with Crippen LogP contribution in [-0.2, 0) is 37.1 Å². The highest BCUT2D eigenvalue weighted by atomic mass is 31.2. The minimum Gasteiger partial charge on any atom is -0.459 e. The summed E-state index contributed by atoms with van der Waals surface area (Å²) < 4.78 is 44.8. The molecule has 0 spiro atoms. The topological polar surface area (TPSA) is 110 Å². The van der Waals surface area contributed by atoms with Gasteiger partial charge in [0.25, 0.3) is 0 Å². The van der Waals surface area contributed by atoms with Crippen molar-refractivity contribution < 1.29 is 42.2 Å². The maximum atomic E-state index is 12.9. The molecule has 4 radical (unpaired) electrons. The monoisotopic (exact) mass is 402 g/mol. The molecule has 2 fully saturated rings. The molecule has 2 saturated heterocycles. The van der Waals surface area contributed by atoms with Crippen molar-refractivity contribution in [2.24, 2.45) is 11.8 Å². The van der Waals surface area contributed by atoms with Gasteiger partial charge in [0, 0.05) is 37.9 Å².